The molecule has 0 bridgehead atoms. The van der Waals surface area contributed by atoms with Gasteiger partial charge in [0.2, 0.25) is 10.0 Å². The van der Waals surface area contributed by atoms with E-state index in [9.17, 15) is 18.0 Å². The Morgan fingerprint density at radius 3 is 2.50 bits per heavy atom. The monoisotopic (exact) mass is 404 g/mol. The smallest absolute Gasteiger partial charge is 0.338 e. The molecule has 0 saturated carbocycles. The molecular weight excluding hydrogens is 384 g/mol. The van der Waals surface area contributed by atoms with E-state index in [0.717, 1.165) is 6.07 Å². The van der Waals surface area contributed by atoms with Crippen molar-refractivity contribution in [2.24, 2.45) is 0 Å². The molecule has 1 aliphatic rings. The molecule has 1 aromatic rings. The van der Waals surface area contributed by atoms with Crippen LogP contribution in [-0.2, 0) is 24.3 Å². The van der Waals surface area contributed by atoms with E-state index in [-0.39, 0.29) is 33.6 Å². The number of hydrogen-bond acceptors (Lipinski definition) is 6. The number of carbonyl (C=O) groups is 2. The molecule has 26 heavy (non-hydrogen) atoms. The summed E-state index contributed by atoms with van der Waals surface area (Å²) in [5, 5.41) is -0.0248. The number of amides is 1. The molecule has 0 unspecified atom stereocenters. The Morgan fingerprint density at radius 1 is 1.31 bits per heavy atom. The molecule has 0 aromatic heterocycles. The number of hydrogen-bond donors (Lipinski definition) is 1. The molecule has 144 valence electrons. The number of esters is 1. The van der Waals surface area contributed by atoms with E-state index >= 15 is 0 Å². The van der Waals surface area contributed by atoms with Crippen molar-refractivity contribution >= 4 is 33.5 Å². The summed E-state index contributed by atoms with van der Waals surface area (Å²) in [5.41, 5.74) is -0.0141. The molecule has 0 aliphatic carbocycles. The van der Waals surface area contributed by atoms with Crippen LogP contribution in [0, 0.1) is 0 Å². The van der Waals surface area contributed by atoms with Gasteiger partial charge in [0.1, 0.15) is 4.90 Å². The highest BCUT2D eigenvalue weighted by Crippen LogP contribution is 2.23. The van der Waals surface area contributed by atoms with Crippen molar-refractivity contribution in [2.75, 3.05) is 26.7 Å². The van der Waals surface area contributed by atoms with Crippen molar-refractivity contribution < 1.29 is 27.5 Å². The van der Waals surface area contributed by atoms with Crippen molar-refractivity contribution in [2.45, 2.75) is 31.0 Å². The lowest BCUT2D eigenvalue weighted by molar-refractivity contribution is -0.146. The summed E-state index contributed by atoms with van der Waals surface area (Å²) in [4.78, 5) is 25.7. The van der Waals surface area contributed by atoms with Gasteiger partial charge in [-0.25, -0.2) is 17.9 Å². The van der Waals surface area contributed by atoms with Crippen molar-refractivity contribution in [3.05, 3.63) is 28.8 Å². The average Bonchev–Trinajstić information content (AvgIpc) is 2.58. The molecule has 1 N–H and O–H groups in total. The number of nitrogens with one attached hydrogen (secondary N) is 1. The van der Waals surface area contributed by atoms with Gasteiger partial charge in [-0.1, -0.05) is 11.6 Å². The van der Waals surface area contributed by atoms with E-state index in [0.29, 0.717) is 13.1 Å². The fraction of sp³-hybridized carbons (Fsp3) is 0.500. The second-order valence-corrected chi connectivity index (χ2v) is 8.25. The first-order valence-corrected chi connectivity index (χ1v) is 9.83. The highest BCUT2D eigenvalue weighted by molar-refractivity contribution is 7.89. The quantitative estimate of drug-likeness (QED) is 0.736. The highest BCUT2D eigenvalue weighted by atomic mass is 35.5. The second-order valence-electron chi connectivity index (χ2n) is 5.98. The first kappa shape index (κ1) is 20.6. The van der Waals surface area contributed by atoms with E-state index in [1.54, 1.807) is 4.90 Å². The van der Waals surface area contributed by atoms with Gasteiger partial charge in [-0.15, -0.1) is 0 Å². The average molecular weight is 405 g/mol. The maximum absolute atomic E-state index is 12.2. The van der Waals surface area contributed by atoms with Gasteiger partial charge in [0, 0.05) is 13.1 Å². The Balaban J connectivity index is 2.04. The van der Waals surface area contributed by atoms with Gasteiger partial charge < -0.3 is 14.4 Å². The predicted octanol–water partition coefficient (Wildman–Crippen LogP) is 1.04. The van der Waals surface area contributed by atoms with Crippen LogP contribution in [0.5, 0.6) is 0 Å². The molecule has 8 nitrogen and oxygen atoms in total. The zero-order valence-electron chi connectivity index (χ0n) is 14.7. The Labute approximate surface area is 157 Å². The number of sulfonamides is 1. The molecule has 1 aromatic carbocycles. The number of nitrogens with zero attached hydrogens (tertiary/aromatic N) is 1. The van der Waals surface area contributed by atoms with Gasteiger partial charge in [0.15, 0.2) is 6.61 Å². The summed E-state index contributed by atoms with van der Waals surface area (Å²) < 4.78 is 36.5. The predicted molar refractivity (Wildman–Crippen MR) is 94.6 cm³/mol. The molecule has 0 spiro atoms. The maximum Gasteiger partial charge on any atom is 0.338 e. The molecule has 2 atom stereocenters. The van der Waals surface area contributed by atoms with E-state index in [1.807, 2.05) is 13.8 Å². The lowest BCUT2D eigenvalue weighted by atomic mass is 10.2. The number of rotatable bonds is 5. The van der Waals surface area contributed by atoms with Gasteiger partial charge in [0.25, 0.3) is 5.91 Å². The number of carbonyl (C=O) groups excluding carboxylic acids is 2. The third-order valence-electron chi connectivity index (χ3n) is 3.82. The standard InChI is InChI=1S/C16H21ClN2O6S/c1-10-7-19(8-11(2)25-10)15(20)9-24-16(21)12-4-5-13(17)14(6-12)26(22,23)18-3/h4-6,10-11,18H,7-9H2,1-3H3/t10-,11-/m1/s1. The van der Waals surface area contributed by atoms with Crippen LogP contribution in [0.2, 0.25) is 5.02 Å². The lowest BCUT2D eigenvalue weighted by Crippen LogP contribution is -2.49. The Hall–Kier alpha value is -1.68. The minimum absolute atomic E-state index is 0.0141. The summed E-state index contributed by atoms with van der Waals surface area (Å²) in [7, 11) is -2.59. The minimum atomic E-state index is -3.82. The zero-order chi connectivity index (χ0) is 19.5. The van der Waals surface area contributed by atoms with Gasteiger partial charge in [-0.05, 0) is 39.1 Å². The summed E-state index contributed by atoms with van der Waals surface area (Å²) in [6, 6.07) is 3.73. The van der Waals surface area contributed by atoms with E-state index in [2.05, 4.69) is 4.72 Å². The Morgan fingerprint density at radius 2 is 1.92 bits per heavy atom. The van der Waals surface area contributed by atoms with E-state index < -0.39 is 22.6 Å². The zero-order valence-corrected chi connectivity index (χ0v) is 16.3. The van der Waals surface area contributed by atoms with Crippen LogP contribution >= 0.6 is 11.6 Å². The highest BCUT2D eigenvalue weighted by Gasteiger charge is 2.27. The topological polar surface area (TPSA) is 102 Å². The third-order valence-corrected chi connectivity index (χ3v) is 5.72. The summed E-state index contributed by atoms with van der Waals surface area (Å²) >= 11 is 5.88. The number of morpholine rings is 1. The first-order chi connectivity index (χ1) is 12.1. The van der Waals surface area contributed by atoms with E-state index in [1.165, 1.54) is 19.2 Å². The lowest BCUT2D eigenvalue weighted by Gasteiger charge is -2.35. The van der Waals surface area contributed by atoms with Crippen LogP contribution < -0.4 is 4.72 Å². The largest absolute Gasteiger partial charge is 0.452 e. The Bertz CT molecular complexity index is 788. The summed E-state index contributed by atoms with van der Waals surface area (Å²) in [5.74, 6) is -1.14. The van der Waals surface area contributed by atoms with Gasteiger partial charge in [-0.2, -0.15) is 0 Å². The van der Waals surface area contributed by atoms with Crippen molar-refractivity contribution in [3.8, 4) is 0 Å². The van der Waals surface area contributed by atoms with Crippen molar-refractivity contribution in [1.29, 1.82) is 0 Å². The van der Waals surface area contributed by atoms with E-state index in [4.69, 9.17) is 21.1 Å². The maximum atomic E-state index is 12.2. The Kier molecular flexibility index (Phi) is 6.62. The van der Waals surface area contributed by atoms with Crippen LogP contribution in [-0.4, -0.2) is 64.1 Å². The van der Waals surface area contributed by atoms with Crippen LogP contribution in [0.15, 0.2) is 23.1 Å². The third kappa shape index (κ3) is 4.94. The molecule has 0 radical (unpaired) electrons. The number of benzene rings is 1. The molecule has 2 rings (SSSR count). The molecule has 1 saturated heterocycles. The van der Waals surface area contributed by atoms with Gasteiger partial charge >= 0.3 is 5.97 Å². The fourth-order valence-corrected chi connectivity index (χ4v) is 3.88. The number of halogens is 1. The van der Waals surface area contributed by atoms with Gasteiger partial charge in [-0.3, -0.25) is 4.79 Å². The molecule has 1 amide bonds. The van der Waals surface area contributed by atoms with Crippen LogP contribution in [0.4, 0.5) is 0 Å². The second kappa shape index (κ2) is 8.34. The first-order valence-electron chi connectivity index (χ1n) is 7.97. The summed E-state index contributed by atoms with van der Waals surface area (Å²) in [6.45, 7) is 4.13. The van der Waals surface area contributed by atoms with Crippen molar-refractivity contribution in [3.63, 3.8) is 0 Å². The molecule has 1 heterocycles. The molecule has 10 heteroatoms. The molecular formula is C16H21ClN2O6S. The molecule has 1 fully saturated rings. The fourth-order valence-electron chi connectivity index (χ4n) is 2.63. The van der Waals surface area contributed by atoms with Crippen LogP contribution in [0.25, 0.3) is 0 Å². The normalized spacial score (nSPS) is 20.7. The SMILES string of the molecule is CNS(=O)(=O)c1cc(C(=O)OCC(=O)N2C[C@@H](C)O[C@H](C)C2)ccc1Cl. The minimum Gasteiger partial charge on any atom is -0.452 e. The number of ether oxygens (including phenoxy) is 2. The van der Waals surface area contributed by atoms with Crippen LogP contribution in [0.3, 0.4) is 0 Å². The van der Waals surface area contributed by atoms with Crippen LogP contribution in [0.1, 0.15) is 24.2 Å². The molecule has 1 aliphatic heterocycles. The van der Waals surface area contributed by atoms with Gasteiger partial charge in [0.05, 0.1) is 22.8 Å². The summed E-state index contributed by atoms with van der Waals surface area (Å²) in [6.07, 6.45) is -0.187. The van der Waals surface area contributed by atoms with Crippen molar-refractivity contribution in [1.82, 2.24) is 9.62 Å².